The van der Waals surface area contributed by atoms with Crippen molar-refractivity contribution < 1.29 is 4.79 Å². The second kappa shape index (κ2) is 5.52. The van der Waals surface area contributed by atoms with Gasteiger partial charge in [-0.05, 0) is 57.1 Å². The highest BCUT2D eigenvalue weighted by Gasteiger charge is 2.35. The van der Waals surface area contributed by atoms with Crippen LogP contribution in [0.1, 0.15) is 47.9 Å². The van der Waals surface area contributed by atoms with Crippen LogP contribution in [0.3, 0.4) is 0 Å². The summed E-state index contributed by atoms with van der Waals surface area (Å²) in [7, 11) is 1.92. The molecule has 0 spiro atoms. The molecule has 1 amide bonds. The predicted octanol–water partition coefficient (Wildman–Crippen LogP) is 3.23. The van der Waals surface area contributed by atoms with Crippen molar-refractivity contribution in [1.29, 1.82) is 0 Å². The minimum absolute atomic E-state index is 0.0808. The second-order valence-corrected chi connectivity index (χ2v) is 6.87. The van der Waals surface area contributed by atoms with Crippen molar-refractivity contribution >= 4 is 5.91 Å². The fourth-order valence-electron chi connectivity index (χ4n) is 3.64. The first-order chi connectivity index (χ1) is 11.2. The molecule has 2 aliphatic carbocycles. The molecule has 4 nitrogen and oxygen atoms in total. The van der Waals surface area contributed by atoms with Gasteiger partial charge in [-0.2, -0.15) is 5.10 Å². The maximum absolute atomic E-state index is 13.0. The highest BCUT2D eigenvalue weighted by atomic mass is 16.2. The number of para-hydroxylation sites is 1. The molecule has 0 N–H and O–H groups in total. The molecule has 120 valence electrons. The lowest BCUT2D eigenvalue weighted by atomic mass is 10.1. The lowest BCUT2D eigenvalue weighted by Gasteiger charge is -2.24. The van der Waals surface area contributed by atoms with Crippen LogP contribution >= 0.6 is 0 Å². The van der Waals surface area contributed by atoms with Gasteiger partial charge in [-0.15, -0.1) is 0 Å². The SMILES string of the molecule is CC(C1CC1)N(C)C(=O)c1nn(-c2ccccc2)c2c1CCC2. The zero-order valence-electron chi connectivity index (χ0n) is 13.8. The van der Waals surface area contributed by atoms with Gasteiger partial charge in [0.2, 0.25) is 0 Å². The number of benzene rings is 1. The van der Waals surface area contributed by atoms with Crippen molar-refractivity contribution in [3.05, 3.63) is 47.3 Å². The Hall–Kier alpha value is -2.10. The maximum atomic E-state index is 13.0. The molecule has 1 heterocycles. The molecule has 0 aliphatic heterocycles. The Balaban J connectivity index is 1.71. The van der Waals surface area contributed by atoms with Crippen LogP contribution in [0.25, 0.3) is 5.69 Å². The Bertz CT molecular complexity index is 731. The number of amides is 1. The Morgan fingerprint density at radius 2 is 2.00 bits per heavy atom. The summed E-state index contributed by atoms with van der Waals surface area (Å²) in [5.74, 6) is 0.755. The van der Waals surface area contributed by atoms with Crippen LogP contribution in [0.4, 0.5) is 0 Å². The molecule has 0 bridgehead atoms. The normalized spacial score (nSPS) is 17.8. The summed E-state index contributed by atoms with van der Waals surface area (Å²) in [5.41, 5.74) is 4.08. The molecule has 23 heavy (non-hydrogen) atoms. The van der Waals surface area contributed by atoms with Gasteiger partial charge >= 0.3 is 0 Å². The van der Waals surface area contributed by atoms with Gasteiger partial charge in [-0.25, -0.2) is 4.68 Å². The summed E-state index contributed by atoms with van der Waals surface area (Å²) in [4.78, 5) is 14.9. The second-order valence-electron chi connectivity index (χ2n) is 6.87. The van der Waals surface area contributed by atoms with Crippen molar-refractivity contribution in [1.82, 2.24) is 14.7 Å². The van der Waals surface area contributed by atoms with E-state index in [2.05, 4.69) is 19.1 Å². The summed E-state index contributed by atoms with van der Waals surface area (Å²) < 4.78 is 1.98. The van der Waals surface area contributed by atoms with E-state index in [1.54, 1.807) is 0 Å². The summed E-state index contributed by atoms with van der Waals surface area (Å²) >= 11 is 0. The number of aromatic nitrogens is 2. The summed E-state index contributed by atoms with van der Waals surface area (Å²) in [6.07, 6.45) is 5.58. The van der Waals surface area contributed by atoms with E-state index >= 15 is 0 Å². The summed E-state index contributed by atoms with van der Waals surface area (Å²) in [6, 6.07) is 10.4. The van der Waals surface area contributed by atoms with Gasteiger partial charge in [0.15, 0.2) is 5.69 Å². The number of hydrogen-bond acceptors (Lipinski definition) is 2. The zero-order valence-corrected chi connectivity index (χ0v) is 13.8. The molecule has 4 rings (SSSR count). The van der Waals surface area contributed by atoms with Crippen LogP contribution < -0.4 is 0 Å². The van der Waals surface area contributed by atoms with E-state index < -0.39 is 0 Å². The van der Waals surface area contributed by atoms with Crippen molar-refractivity contribution in [2.24, 2.45) is 5.92 Å². The van der Waals surface area contributed by atoms with Crippen LogP contribution in [0, 0.1) is 5.92 Å². The first kappa shape index (κ1) is 14.5. The first-order valence-electron chi connectivity index (χ1n) is 8.60. The lowest BCUT2D eigenvalue weighted by Crippen LogP contribution is -2.37. The van der Waals surface area contributed by atoms with Crippen molar-refractivity contribution in [3.8, 4) is 5.69 Å². The molecule has 1 aromatic carbocycles. The minimum Gasteiger partial charge on any atom is -0.337 e. The van der Waals surface area contributed by atoms with Crippen LogP contribution in [-0.2, 0) is 12.8 Å². The van der Waals surface area contributed by atoms with E-state index in [1.165, 1.54) is 18.5 Å². The van der Waals surface area contributed by atoms with Crippen LogP contribution in [0.15, 0.2) is 30.3 Å². The van der Waals surface area contributed by atoms with E-state index in [1.807, 2.05) is 34.8 Å². The molecule has 4 heteroatoms. The molecule has 1 unspecified atom stereocenters. The largest absolute Gasteiger partial charge is 0.337 e. The Kier molecular flexibility index (Phi) is 3.47. The predicted molar refractivity (Wildman–Crippen MR) is 89.9 cm³/mol. The van der Waals surface area contributed by atoms with E-state index in [9.17, 15) is 4.79 Å². The third-order valence-corrected chi connectivity index (χ3v) is 5.37. The van der Waals surface area contributed by atoms with E-state index in [-0.39, 0.29) is 5.91 Å². The van der Waals surface area contributed by atoms with Crippen molar-refractivity contribution in [2.45, 2.75) is 45.1 Å². The van der Waals surface area contributed by atoms with Gasteiger partial charge in [-0.1, -0.05) is 18.2 Å². The Morgan fingerprint density at radius 1 is 1.26 bits per heavy atom. The van der Waals surface area contributed by atoms with Crippen LogP contribution in [0.2, 0.25) is 0 Å². The van der Waals surface area contributed by atoms with Gasteiger partial charge in [0.05, 0.1) is 5.69 Å². The van der Waals surface area contributed by atoms with Crippen molar-refractivity contribution in [3.63, 3.8) is 0 Å². The number of fused-ring (bicyclic) bond motifs is 1. The zero-order chi connectivity index (χ0) is 16.0. The lowest BCUT2D eigenvalue weighted by molar-refractivity contribution is 0.0720. The van der Waals surface area contributed by atoms with Gasteiger partial charge in [-0.3, -0.25) is 4.79 Å². The molecule has 0 radical (unpaired) electrons. The number of rotatable bonds is 4. The smallest absolute Gasteiger partial charge is 0.274 e. The minimum atomic E-state index is 0.0808. The van der Waals surface area contributed by atoms with E-state index in [4.69, 9.17) is 5.10 Å². The number of nitrogens with zero attached hydrogens (tertiary/aromatic N) is 3. The summed E-state index contributed by atoms with van der Waals surface area (Å²) in [6.45, 7) is 2.16. The molecular formula is C19H23N3O. The molecule has 1 aromatic heterocycles. The van der Waals surface area contributed by atoms with Crippen LogP contribution in [0.5, 0.6) is 0 Å². The quantitative estimate of drug-likeness (QED) is 0.869. The molecule has 0 saturated heterocycles. The number of carbonyl (C=O) groups excluding carboxylic acids is 1. The number of hydrogen-bond donors (Lipinski definition) is 0. The topological polar surface area (TPSA) is 38.1 Å². The monoisotopic (exact) mass is 309 g/mol. The van der Waals surface area contributed by atoms with E-state index in [0.29, 0.717) is 17.7 Å². The van der Waals surface area contributed by atoms with Gasteiger partial charge in [0, 0.05) is 24.3 Å². The highest BCUT2D eigenvalue weighted by molar-refractivity contribution is 5.94. The molecular weight excluding hydrogens is 286 g/mol. The fourth-order valence-corrected chi connectivity index (χ4v) is 3.64. The number of carbonyl (C=O) groups is 1. The fraction of sp³-hybridized carbons (Fsp3) is 0.474. The molecule has 1 atom stereocenters. The Morgan fingerprint density at radius 3 is 2.70 bits per heavy atom. The third-order valence-electron chi connectivity index (χ3n) is 5.37. The summed E-state index contributed by atoms with van der Waals surface area (Å²) in [5, 5.41) is 4.71. The van der Waals surface area contributed by atoms with Gasteiger partial charge in [0.1, 0.15) is 0 Å². The van der Waals surface area contributed by atoms with Crippen LogP contribution in [-0.4, -0.2) is 33.7 Å². The molecule has 1 fully saturated rings. The Labute approximate surface area is 137 Å². The molecule has 2 aliphatic rings. The average molecular weight is 309 g/mol. The average Bonchev–Trinajstić information content (AvgIpc) is 3.21. The maximum Gasteiger partial charge on any atom is 0.274 e. The van der Waals surface area contributed by atoms with Gasteiger partial charge < -0.3 is 4.90 Å². The van der Waals surface area contributed by atoms with Crippen molar-refractivity contribution in [2.75, 3.05) is 7.05 Å². The standard InChI is InChI=1S/C19H23N3O/c1-13(14-11-12-14)21(2)19(23)18-16-9-6-10-17(16)22(20-18)15-7-4-3-5-8-15/h3-5,7-8,13-14H,6,9-12H2,1-2H3. The molecule has 2 aromatic rings. The molecule has 1 saturated carbocycles. The van der Waals surface area contributed by atoms with E-state index in [0.717, 1.165) is 30.5 Å². The first-order valence-corrected chi connectivity index (χ1v) is 8.60. The highest BCUT2D eigenvalue weighted by Crippen LogP contribution is 2.36. The third kappa shape index (κ3) is 2.46. The van der Waals surface area contributed by atoms with Gasteiger partial charge in [0.25, 0.3) is 5.91 Å².